The average molecular weight is 270 g/mol. The topological polar surface area (TPSA) is 58.2 Å². The average Bonchev–Trinajstić information content (AvgIpc) is 2.38. The molecule has 1 aromatic carbocycles. The van der Waals surface area contributed by atoms with Gasteiger partial charge in [0, 0.05) is 13.1 Å². The molecular weight excluding hydrogens is 255 g/mol. The molecule has 0 fully saturated rings. The van der Waals surface area contributed by atoms with Crippen LogP contribution in [0.2, 0.25) is 0 Å². The van der Waals surface area contributed by atoms with Crippen molar-refractivity contribution in [3.8, 4) is 0 Å². The van der Waals surface area contributed by atoms with Crippen LogP contribution in [0.5, 0.6) is 0 Å². The molecule has 1 aliphatic heterocycles. The molecule has 0 aliphatic carbocycles. The Kier molecular flexibility index (Phi) is 4.11. The third-order valence-electron chi connectivity index (χ3n) is 2.77. The Balaban J connectivity index is 2.03. The molecule has 0 amide bonds. The molecule has 2 rings (SSSR count). The first-order valence-electron chi connectivity index (χ1n) is 5.72. The molecule has 0 atom stereocenters. The molecule has 2 N–H and O–H groups in total. The first-order chi connectivity index (χ1) is 8.58. The van der Waals surface area contributed by atoms with Crippen molar-refractivity contribution in [2.75, 3.05) is 19.6 Å². The second-order valence-electron chi connectivity index (χ2n) is 4.09. The normalized spacial score (nSPS) is 16.4. The first-order valence-corrected chi connectivity index (χ1v) is 7.20. The zero-order chi connectivity index (χ0) is 13.0. The van der Waals surface area contributed by atoms with E-state index in [1.165, 1.54) is 12.1 Å². The summed E-state index contributed by atoms with van der Waals surface area (Å²) in [6, 6.07) is 4.79. The van der Waals surface area contributed by atoms with Gasteiger partial charge in [0.05, 0.1) is 4.90 Å². The van der Waals surface area contributed by atoms with Crippen LogP contribution in [0.1, 0.15) is 6.42 Å². The number of rotatable bonds is 4. The lowest BCUT2D eigenvalue weighted by Crippen LogP contribution is -2.29. The van der Waals surface area contributed by atoms with Crippen LogP contribution in [0.3, 0.4) is 0 Å². The Hall–Kier alpha value is -1.24. The summed E-state index contributed by atoms with van der Waals surface area (Å²) in [5.41, 5.74) is 1.07. The Morgan fingerprint density at radius 3 is 2.61 bits per heavy atom. The van der Waals surface area contributed by atoms with Crippen LogP contribution in [0.4, 0.5) is 4.39 Å². The first kappa shape index (κ1) is 13.2. The monoisotopic (exact) mass is 270 g/mol. The van der Waals surface area contributed by atoms with Gasteiger partial charge in [-0.3, -0.25) is 0 Å². The molecule has 0 bridgehead atoms. The van der Waals surface area contributed by atoms with Crippen molar-refractivity contribution in [3.63, 3.8) is 0 Å². The maximum absolute atomic E-state index is 12.7. The molecule has 0 aromatic heterocycles. The van der Waals surface area contributed by atoms with E-state index >= 15 is 0 Å². The molecule has 0 spiro atoms. The van der Waals surface area contributed by atoms with E-state index in [1.54, 1.807) is 0 Å². The highest BCUT2D eigenvalue weighted by Gasteiger charge is 2.14. The Morgan fingerprint density at radius 2 is 2.00 bits per heavy atom. The van der Waals surface area contributed by atoms with Crippen molar-refractivity contribution >= 4 is 10.0 Å². The number of sulfonamides is 1. The molecular formula is C12H15FN2O2S. The van der Waals surface area contributed by atoms with Gasteiger partial charge in [-0.1, -0.05) is 11.6 Å². The minimum Gasteiger partial charge on any atom is -0.313 e. The van der Waals surface area contributed by atoms with Gasteiger partial charge in [0.2, 0.25) is 10.0 Å². The number of hydrogen-bond donors (Lipinski definition) is 2. The van der Waals surface area contributed by atoms with Crippen LogP contribution in [-0.2, 0) is 10.0 Å². The van der Waals surface area contributed by atoms with Crippen LogP contribution in [0.15, 0.2) is 40.8 Å². The molecule has 6 heteroatoms. The molecule has 1 aromatic rings. The highest BCUT2D eigenvalue weighted by molar-refractivity contribution is 7.89. The lowest BCUT2D eigenvalue weighted by molar-refractivity contribution is 0.581. The van der Waals surface area contributed by atoms with Crippen molar-refractivity contribution in [1.82, 2.24) is 10.0 Å². The van der Waals surface area contributed by atoms with E-state index in [1.807, 2.05) is 6.08 Å². The number of halogens is 1. The molecule has 98 valence electrons. The minimum absolute atomic E-state index is 0.0819. The van der Waals surface area contributed by atoms with Crippen molar-refractivity contribution < 1.29 is 12.8 Å². The van der Waals surface area contributed by atoms with Gasteiger partial charge < -0.3 is 5.32 Å². The minimum atomic E-state index is -3.55. The van der Waals surface area contributed by atoms with Crippen LogP contribution in [0, 0.1) is 5.82 Å². The Bertz CT molecular complexity index is 538. The van der Waals surface area contributed by atoms with Crippen LogP contribution in [0.25, 0.3) is 0 Å². The highest BCUT2D eigenvalue weighted by atomic mass is 32.2. The van der Waals surface area contributed by atoms with E-state index in [2.05, 4.69) is 10.0 Å². The van der Waals surface area contributed by atoms with Crippen LogP contribution < -0.4 is 10.0 Å². The fourth-order valence-electron chi connectivity index (χ4n) is 1.71. The van der Waals surface area contributed by atoms with E-state index in [0.29, 0.717) is 6.54 Å². The quantitative estimate of drug-likeness (QED) is 0.803. The third kappa shape index (κ3) is 3.38. The van der Waals surface area contributed by atoms with Crippen LogP contribution >= 0.6 is 0 Å². The van der Waals surface area contributed by atoms with Crippen LogP contribution in [-0.4, -0.2) is 28.1 Å². The van der Waals surface area contributed by atoms with Gasteiger partial charge in [-0.05, 0) is 37.2 Å². The zero-order valence-electron chi connectivity index (χ0n) is 9.82. The molecule has 0 saturated carbocycles. The SMILES string of the molecule is O=S(=O)(NCC1=CCNCC1)c1ccc(F)cc1. The molecule has 0 unspecified atom stereocenters. The molecule has 18 heavy (non-hydrogen) atoms. The van der Waals surface area contributed by atoms with Gasteiger partial charge in [0.15, 0.2) is 0 Å². The fourth-order valence-corrected chi connectivity index (χ4v) is 2.75. The van der Waals surface area contributed by atoms with Gasteiger partial charge in [-0.15, -0.1) is 0 Å². The lowest BCUT2D eigenvalue weighted by Gasteiger charge is -2.14. The van der Waals surface area contributed by atoms with E-state index < -0.39 is 15.8 Å². The predicted octanol–water partition coefficient (Wildman–Crippen LogP) is 1.02. The maximum Gasteiger partial charge on any atom is 0.240 e. The molecule has 4 nitrogen and oxygen atoms in total. The summed E-state index contributed by atoms with van der Waals surface area (Å²) < 4.78 is 39.1. The summed E-state index contributed by atoms with van der Waals surface area (Å²) in [7, 11) is -3.55. The third-order valence-corrected chi connectivity index (χ3v) is 4.19. The van der Waals surface area contributed by atoms with Gasteiger partial charge >= 0.3 is 0 Å². The number of benzene rings is 1. The van der Waals surface area contributed by atoms with Crippen molar-refractivity contribution in [1.29, 1.82) is 0 Å². The molecule has 1 aliphatic rings. The van der Waals surface area contributed by atoms with E-state index in [0.717, 1.165) is 37.2 Å². The van der Waals surface area contributed by atoms with E-state index in [4.69, 9.17) is 0 Å². The van der Waals surface area contributed by atoms with Crippen molar-refractivity contribution in [2.45, 2.75) is 11.3 Å². The Labute approximate surface area is 106 Å². The van der Waals surface area contributed by atoms with E-state index in [-0.39, 0.29) is 4.90 Å². The van der Waals surface area contributed by atoms with Crippen molar-refractivity contribution in [3.05, 3.63) is 41.7 Å². The summed E-state index contributed by atoms with van der Waals surface area (Å²) in [6.07, 6.45) is 2.82. The Morgan fingerprint density at radius 1 is 1.28 bits per heavy atom. The largest absolute Gasteiger partial charge is 0.313 e. The molecule has 0 saturated heterocycles. The molecule has 0 radical (unpaired) electrons. The lowest BCUT2D eigenvalue weighted by atomic mass is 10.1. The standard InChI is InChI=1S/C12H15FN2O2S/c13-11-1-3-12(4-2-11)18(16,17)15-9-10-5-7-14-8-6-10/h1-5,14-15H,6-9H2. The number of hydrogen-bond acceptors (Lipinski definition) is 3. The second kappa shape index (κ2) is 5.60. The fraction of sp³-hybridized carbons (Fsp3) is 0.333. The predicted molar refractivity (Wildman–Crippen MR) is 67.2 cm³/mol. The smallest absolute Gasteiger partial charge is 0.240 e. The van der Waals surface area contributed by atoms with Crippen molar-refractivity contribution in [2.24, 2.45) is 0 Å². The summed E-state index contributed by atoms with van der Waals surface area (Å²) in [6.45, 7) is 1.94. The highest BCUT2D eigenvalue weighted by Crippen LogP contribution is 2.10. The number of nitrogens with one attached hydrogen (secondary N) is 2. The summed E-state index contributed by atoms with van der Waals surface area (Å²) in [5.74, 6) is -0.449. The maximum atomic E-state index is 12.7. The van der Waals surface area contributed by atoms with E-state index in [9.17, 15) is 12.8 Å². The van der Waals surface area contributed by atoms with Gasteiger partial charge in [-0.25, -0.2) is 17.5 Å². The summed E-state index contributed by atoms with van der Waals surface area (Å²) in [4.78, 5) is 0.0819. The summed E-state index contributed by atoms with van der Waals surface area (Å²) in [5, 5.41) is 3.15. The molecule has 1 heterocycles. The van der Waals surface area contributed by atoms with Gasteiger partial charge in [0.1, 0.15) is 5.82 Å². The van der Waals surface area contributed by atoms with Gasteiger partial charge in [0.25, 0.3) is 0 Å². The van der Waals surface area contributed by atoms with Gasteiger partial charge in [-0.2, -0.15) is 0 Å². The summed E-state index contributed by atoms with van der Waals surface area (Å²) >= 11 is 0. The second-order valence-corrected chi connectivity index (χ2v) is 5.86. The zero-order valence-corrected chi connectivity index (χ0v) is 10.6.